The van der Waals surface area contributed by atoms with Gasteiger partial charge in [-0.25, -0.2) is 0 Å². The molecule has 3 heteroatoms. The van der Waals surface area contributed by atoms with Crippen LogP contribution >= 0.6 is 0 Å². The van der Waals surface area contributed by atoms with Gasteiger partial charge in [0.15, 0.2) is 0 Å². The SMILES string of the molecule is COc1cccc2c1CCN(c1ccc(C#N)cc1)C2. The molecule has 1 aliphatic rings. The van der Waals surface area contributed by atoms with Gasteiger partial charge in [-0.2, -0.15) is 5.26 Å². The average Bonchev–Trinajstić information content (AvgIpc) is 2.53. The van der Waals surface area contributed by atoms with Crippen molar-refractivity contribution in [3.05, 3.63) is 59.2 Å². The highest BCUT2D eigenvalue weighted by Gasteiger charge is 2.19. The van der Waals surface area contributed by atoms with Gasteiger partial charge in [0.2, 0.25) is 0 Å². The topological polar surface area (TPSA) is 36.3 Å². The monoisotopic (exact) mass is 264 g/mol. The minimum absolute atomic E-state index is 0.702. The Morgan fingerprint density at radius 1 is 1.15 bits per heavy atom. The molecule has 0 saturated carbocycles. The zero-order chi connectivity index (χ0) is 13.9. The smallest absolute Gasteiger partial charge is 0.122 e. The van der Waals surface area contributed by atoms with Crippen LogP contribution in [-0.4, -0.2) is 13.7 Å². The van der Waals surface area contributed by atoms with Crippen LogP contribution < -0.4 is 9.64 Å². The van der Waals surface area contributed by atoms with Crippen molar-refractivity contribution in [3.63, 3.8) is 0 Å². The molecule has 0 spiro atoms. The van der Waals surface area contributed by atoms with Gasteiger partial charge in [0.05, 0.1) is 18.7 Å². The van der Waals surface area contributed by atoms with Gasteiger partial charge in [0.1, 0.15) is 5.75 Å². The van der Waals surface area contributed by atoms with Crippen LogP contribution in [0.4, 0.5) is 5.69 Å². The van der Waals surface area contributed by atoms with Gasteiger partial charge in [0.25, 0.3) is 0 Å². The lowest BCUT2D eigenvalue weighted by molar-refractivity contribution is 0.407. The number of nitrogens with zero attached hydrogens (tertiary/aromatic N) is 2. The Morgan fingerprint density at radius 3 is 2.65 bits per heavy atom. The molecule has 0 atom stereocenters. The molecule has 0 radical (unpaired) electrons. The number of rotatable bonds is 2. The van der Waals surface area contributed by atoms with Crippen molar-refractivity contribution in [3.8, 4) is 11.8 Å². The van der Waals surface area contributed by atoms with Crippen molar-refractivity contribution < 1.29 is 4.74 Å². The van der Waals surface area contributed by atoms with E-state index < -0.39 is 0 Å². The summed E-state index contributed by atoms with van der Waals surface area (Å²) in [4.78, 5) is 2.34. The van der Waals surface area contributed by atoms with E-state index in [1.807, 2.05) is 36.4 Å². The molecule has 3 nitrogen and oxygen atoms in total. The number of fused-ring (bicyclic) bond motifs is 1. The first-order chi connectivity index (χ1) is 9.81. The fourth-order valence-corrected chi connectivity index (χ4v) is 2.73. The van der Waals surface area contributed by atoms with Crippen molar-refractivity contribution in [1.29, 1.82) is 5.26 Å². The number of nitriles is 1. The maximum Gasteiger partial charge on any atom is 0.122 e. The van der Waals surface area contributed by atoms with Crippen LogP contribution in [0.3, 0.4) is 0 Å². The van der Waals surface area contributed by atoms with E-state index in [1.54, 1.807) is 7.11 Å². The second-order valence-electron chi connectivity index (χ2n) is 4.93. The molecule has 100 valence electrons. The Balaban J connectivity index is 1.86. The summed E-state index contributed by atoms with van der Waals surface area (Å²) < 4.78 is 5.43. The lowest BCUT2D eigenvalue weighted by atomic mass is 9.98. The quantitative estimate of drug-likeness (QED) is 0.836. The molecular weight excluding hydrogens is 248 g/mol. The van der Waals surface area contributed by atoms with Crippen LogP contribution in [-0.2, 0) is 13.0 Å². The summed E-state index contributed by atoms with van der Waals surface area (Å²) in [5, 5.41) is 8.85. The largest absolute Gasteiger partial charge is 0.496 e. The number of methoxy groups -OCH3 is 1. The third-order valence-electron chi connectivity index (χ3n) is 3.80. The fraction of sp³-hybridized carbons (Fsp3) is 0.235. The lowest BCUT2D eigenvalue weighted by Crippen LogP contribution is -2.30. The Morgan fingerprint density at radius 2 is 1.95 bits per heavy atom. The van der Waals surface area contributed by atoms with Gasteiger partial charge in [0, 0.05) is 24.3 Å². The second kappa shape index (κ2) is 5.26. The van der Waals surface area contributed by atoms with Crippen LogP contribution in [0.15, 0.2) is 42.5 Å². The molecule has 1 heterocycles. The standard InChI is InChI=1S/C17H16N2O/c1-20-17-4-2-3-14-12-19(10-9-16(14)17)15-7-5-13(11-18)6-8-15/h2-8H,9-10,12H2,1H3. The van der Waals surface area contributed by atoms with Crippen molar-refractivity contribution in [1.82, 2.24) is 0 Å². The molecule has 0 unspecified atom stereocenters. The molecule has 0 saturated heterocycles. The molecule has 0 aromatic heterocycles. The fourth-order valence-electron chi connectivity index (χ4n) is 2.73. The van der Waals surface area contributed by atoms with Crippen LogP contribution in [0.2, 0.25) is 0 Å². The van der Waals surface area contributed by atoms with Crippen LogP contribution in [0.1, 0.15) is 16.7 Å². The summed E-state index contributed by atoms with van der Waals surface area (Å²) in [6, 6.07) is 16.2. The van der Waals surface area contributed by atoms with Gasteiger partial charge >= 0.3 is 0 Å². The highest BCUT2D eigenvalue weighted by molar-refractivity contribution is 5.53. The number of hydrogen-bond donors (Lipinski definition) is 0. The predicted molar refractivity (Wildman–Crippen MR) is 78.9 cm³/mol. The summed E-state index contributed by atoms with van der Waals surface area (Å²) in [6.45, 7) is 1.86. The number of hydrogen-bond acceptors (Lipinski definition) is 3. The highest BCUT2D eigenvalue weighted by Crippen LogP contribution is 2.30. The third kappa shape index (κ3) is 2.21. The summed E-state index contributed by atoms with van der Waals surface area (Å²) in [6.07, 6.45) is 0.985. The van der Waals surface area contributed by atoms with E-state index in [9.17, 15) is 0 Å². The van der Waals surface area contributed by atoms with Gasteiger partial charge in [-0.05, 0) is 42.3 Å². The Bertz CT molecular complexity index is 656. The minimum Gasteiger partial charge on any atom is -0.496 e. The van der Waals surface area contributed by atoms with Crippen molar-refractivity contribution in [2.45, 2.75) is 13.0 Å². The van der Waals surface area contributed by atoms with Crippen molar-refractivity contribution >= 4 is 5.69 Å². The highest BCUT2D eigenvalue weighted by atomic mass is 16.5. The van der Waals surface area contributed by atoms with Crippen molar-refractivity contribution in [2.75, 3.05) is 18.6 Å². The van der Waals surface area contributed by atoms with E-state index in [2.05, 4.69) is 17.0 Å². The molecule has 0 bridgehead atoms. The van der Waals surface area contributed by atoms with E-state index in [0.717, 1.165) is 30.9 Å². The van der Waals surface area contributed by atoms with Gasteiger partial charge < -0.3 is 9.64 Å². The van der Waals surface area contributed by atoms with E-state index in [4.69, 9.17) is 10.00 Å². The maximum atomic E-state index is 8.85. The summed E-state index contributed by atoms with van der Waals surface area (Å²) >= 11 is 0. The normalized spacial score (nSPS) is 13.5. The van der Waals surface area contributed by atoms with Crippen molar-refractivity contribution in [2.24, 2.45) is 0 Å². The molecule has 20 heavy (non-hydrogen) atoms. The number of ether oxygens (including phenoxy) is 1. The summed E-state index contributed by atoms with van der Waals surface area (Å²) in [5.74, 6) is 0.988. The molecule has 0 amide bonds. The first-order valence-corrected chi connectivity index (χ1v) is 6.71. The molecule has 0 fully saturated rings. The minimum atomic E-state index is 0.702. The van der Waals surface area contributed by atoms with E-state index in [1.165, 1.54) is 11.1 Å². The maximum absolute atomic E-state index is 8.85. The van der Waals surface area contributed by atoms with Crippen LogP contribution in [0, 0.1) is 11.3 Å². The molecule has 3 rings (SSSR count). The molecular formula is C17H16N2O. The summed E-state index contributed by atoms with van der Waals surface area (Å²) in [7, 11) is 1.72. The average molecular weight is 264 g/mol. The zero-order valence-corrected chi connectivity index (χ0v) is 11.5. The molecule has 0 N–H and O–H groups in total. The zero-order valence-electron chi connectivity index (χ0n) is 11.5. The van der Waals surface area contributed by atoms with E-state index in [-0.39, 0.29) is 0 Å². The molecule has 1 aliphatic heterocycles. The van der Waals surface area contributed by atoms with Gasteiger partial charge in [-0.1, -0.05) is 12.1 Å². The molecule has 0 aliphatic carbocycles. The molecule has 2 aromatic carbocycles. The van der Waals surface area contributed by atoms with Gasteiger partial charge in [-0.15, -0.1) is 0 Å². The van der Waals surface area contributed by atoms with Crippen LogP contribution in [0.25, 0.3) is 0 Å². The first-order valence-electron chi connectivity index (χ1n) is 6.71. The molecule has 2 aromatic rings. The van der Waals surface area contributed by atoms with E-state index in [0.29, 0.717) is 5.56 Å². The predicted octanol–water partition coefficient (Wildman–Crippen LogP) is 3.13. The second-order valence-corrected chi connectivity index (χ2v) is 4.93. The third-order valence-corrected chi connectivity index (χ3v) is 3.80. The Labute approximate surface area is 119 Å². The Kier molecular flexibility index (Phi) is 3.30. The van der Waals surface area contributed by atoms with E-state index >= 15 is 0 Å². The van der Waals surface area contributed by atoms with Crippen LogP contribution in [0.5, 0.6) is 5.75 Å². The lowest BCUT2D eigenvalue weighted by Gasteiger charge is -2.31. The number of anilines is 1. The Hall–Kier alpha value is -2.47. The number of benzene rings is 2. The first kappa shape index (κ1) is 12.6. The van der Waals surface area contributed by atoms with Gasteiger partial charge in [-0.3, -0.25) is 0 Å². The summed E-state index contributed by atoms with van der Waals surface area (Å²) in [5.41, 5.74) is 4.50.